The fourth-order valence-electron chi connectivity index (χ4n) is 2.11. The molecule has 0 aliphatic carbocycles. The number of imidazole rings is 1. The van der Waals surface area contributed by atoms with Gasteiger partial charge in [-0.25, -0.2) is 4.98 Å². The number of rotatable bonds is 5. The van der Waals surface area contributed by atoms with Crippen LogP contribution >= 0.6 is 0 Å². The number of aromatic amines is 1. The molecular formula is C12H19N3O2. The highest BCUT2D eigenvalue weighted by atomic mass is 16.5. The molecule has 1 saturated heterocycles. The Morgan fingerprint density at radius 3 is 3.18 bits per heavy atom. The average molecular weight is 237 g/mol. The number of nitrogens with zero attached hydrogens (tertiary/aromatic N) is 2. The van der Waals surface area contributed by atoms with Crippen LogP contribution in [0.2, 0.25) is 0 Å². The van der Waals surface area contributed by atoms with E-state index in [1.54, 1.807) is 12.4 Å². The van der Waals surface area contributed by atoms with Gasteiger partial charge in [0.25, 0.3) is 5.91 Å². The first-order valence-corrected chi connectivity index (χ1v) is 6.21. The Kier molecular flexibility index (Phi) is 4.14. The summed E-state index contributed by atoms with van der Waals surface area (Å²) in [4.78, 5) is 20.9. The van der Waals surface area contributed by atoms with E-state index in [9.17, 15) is 4.79 Å². The number of carbonyl (C=O) groups excluding carboxylic acids is 1. The molecule has 0 bridgehead atoms. The van der Waals surface area contributed by atoms with E-state index in [2.05, 4.69) is 16.9 Å². The Morgan fingerprint density at radius 2 is 2.59 bits per heavy atom. The van der Waals surface area contributed by atoms with Gasteiger partial charge in [0.05, 0.1) is 6.10 Å². The van der Waals surface area contributed by atoms with Gasteiger partial charge in [-0.05, 0) is 19.3 Å². The summed E-state index contributed by atoms with van der Waals surface area (Å²) < 4.78 is 5.57. The molecule has 5 heteroatoms. The average Bonchev–Trinajstić information content (AvgIpc) is 3.00. The molecule has 0 saturated carbocycles. The molecule has 94 valence electrons. The number of hydrogen-bond donors (Lipinski definition) is 1. The van der Waals surface area contributed by atoms with E-state index < -0.39 is 0 Å². The third kappa shape index (κ3) is 3.06. The Bertz CT molecular complexity index is 345. The van der Waals surface area contributed by atoms with Gasteiger partial charge in [0.2, 0.25) is 0 Å². The number of carbonyl (C=O) groups is 1. The van der Waals surface area contributed by atoms with Gasteiger partial charge < -0.3 is 14.6 Å². The van der Waals surface area contributed by atoms with Crippen molar-refractivity contribution in [3.05, 3.63) is 18.2 Å². The Labute approximate surface area is 101 Å². The molecule has 1 aromatic rings. The van der Waals surface area contributed by atoms with E-state index in [4.69, 9.17) is 4.74 Å². The summed E-state index contributed by atoms with van der Waals surface area (Å²) in [6.45, 7) is 4.31. The Hall–Kier alpha value is -1.36. The first-order chi connectivity index (χ1) is 8.31. The van der Waals surface area contributed by atoms with Crippen LogP contribution in [0.5, 0.6) is 0 Å². The SMILES string of the molecule is CCCN(C[C@H]1CCCO1)C(=O)c1ncc[nH]1. The van der Waals surface area contributed by atoms with Gasteiger partial charge in [-0.15, -0.1) is 0 Å². The lowest BCUT2D eigenvalue weighted by atomic mass is 10.2. The van der Waals surface area contributed by atoms with Crippen molar-refractivity contribution in [3.63, 3.8) is 0 Å². The van der Waals surface area contributed by atoms with Crippen molar-refractivity contribution in [1.82, 2.24) is 14.9 Å². The van der Waals surface area contributed by atoms with Crippen molar-refractivity contribution in [2.24, 2.45) is 0 Å². The highest BCUT2D eigenvalue weighted by Crippen LogP contribution is 2.14. The summed E-state index contributed by atoms with van der Waals surface area (Å²) in [5.41, 5.74) is 0. The smallest absolute Gasteiger partial charge is 0.289 e. The molecule has 0 spiro atoms. The highest BCUT2D eigenvalue weighted by Gasteiger charge is 2.23. The third-order valence-electron chi connectivity index (χ3n) is 2.93. The van der Waals surface area contributed by atoms with Gasteiger partial charge >= 0.3 is 0 Å². The maximum Gasteiger partial charge on any atom is 0.289 e. The van der Waals surface area contributed by atoms with Gasteiger partial charge in [-0.3, -0.25) is 4.79 Å². The quantitative estimate of drug-likeness (QED) is 0.843. The second-order valence-electron chi connectivity index (χ2n) is 4.32. The number of hydrogen-bond acceptors (Lipinski definition) is 3. The number of ether oxygens (including phenoxy) is 1. The summed E-state index contributed by atoms with van der Waals surface area (Å²) in [5.74, 6) is 0.379. The molecular weight excluding hydrogens is 218 g/mol. The van der Waals surface area contributed by atoms with Crippen LogP contribution in [0.4, 0.5) is 0 Å². The molecule has 0 aromatic carbocycles. The maximum absolute atomic E-state index is 12.2. The van der Waals surface area contributed by atoms with Gasteiger partial charge in [0.15, 0.2) is 5.82 Å². The molecule has 2 rings (SSSR count). The van der Waals surface area contributed by atoms with E-state index in [1.807, 2.05) is 4.90 Å². The van der Waals surface area contributed by atoms with Crippen LogP contribution in [0.15, 0.2) is 12.4 Å². The molecule has 5 nitrogen and oxygen atoms in total. The second kappa shape index (κ2) is 5.82. The van der Waals surface area contributed by atoms with Gasteiger partial charge in [-0.2, -0.15) is 0 Å². The summed E-state index contributed by atoms with van der Waals surface area (Å²) in [6.07, 6.45) is 6.55. The minimum atomic E-state index is -0.0349. The van der Waals surface area contributed by atoms with Crippen molar-refractivity contribution in [2.75, 3.05) is 19.7 Å². The highest BCUT2D eigenvalue weighted by molar-refractivity contribution is 5.90. The van der Waals surface area contributed by atoms with Crippen LogP contribution in [-0.4, -0.2) is 46.6 Å². The van der Waals surface area contributed by atoms with Crippen molar-refractivity contribution in [3.8, 4) is 0 Å². The number of nitrogens with one attached hydrogen (secondary N) is 1. The summed E-state index contributed by atoms with van der Waals surface area (Å²) in [5, 5.41) is 0. The fraction of sp³-hybridized carbons (Fsp3) is 0.667. The molecule has 1 amide bonds. The van der Waals surface area contributed by atoms with E-state index in [0.717, 1.165) is 32.4 Å². The molecule has 1 atom stereocenters. The van der Waals surface area contributed by atoms with Crippen molar-refractivity contribution >= 4 is 5.91 Å². The zero-order valence-corrected chi connectivity index (χ0v) is 10.2. The van der Waals surface area contributed by atoms with Gasteiger partial charge in [0, 0.05) is 32.1 Å². The standard InChI is InChI=1S/C12H19N3O2/c1-2-7-15(9-10-4-3-8-17-10)12(16)11-13-5-6-14-11/h5-6,10H,2-4,7-9H2,1H3,(H,13,14)/t10-/m1/s1. The Balaban J connectivity index is 1.98. The molecule has 1 aliphatic rings. The van der Waals surface area contributed by atoms with Crippen LogP contribution in [0.1, 0.15) is 36.8 Å². The van der Waals surface area contributed by atoms with Crippen LogP contribution in [0.3, 0.4) is 0 Å². The Morgan fingerprint density at radius 1 is 1.71 bits per heavy atom. The van der Waals surface area contributed by atoms with E-state index in [-0.39, 0.29) is 12.0 Å². The maximum atomic E-state index is 12.2. The number of aromatic nitrogens is 2. The molecule has 0 radical (unpaired) electrons. The molecule has 1 N–H and O–H groups in total. The van der Waals surface area contributed by atoms with E-state index in [1.165, 1.54) is 0 Å². The van der Waals surface area contributed by atoms with Crippen LogP contribution < -0.4 is 0 Å². The van der Waals surface area contributed by atoms with Crippen LogP contribution in [0.25, 0.3) is 0 Å². The largest absolute Gasteiger partial charge is 0.376 e. The van der Waals surface area contributed by atoms with Crippen molar-refractivity contribution < 1.29 is 9.53 Å². The monoisotopic (exact) mass is 237 g/mol. The lowest BCUT2D eigenvalue weighted by Gasteiger charge is -2.24. The second-order valence-corrected chi connectivity index (χ2v) is 4.32. The zero-order chi connectivity index (χ0) is 12.1. The predicted octanol–water partition coefficient (Wildman–Crippen LogP) is 1.44. The van der Waals surface area contributed by atoms with Crippen LogP contribution in [-0.2, 0) is 4.74 Å². The van der Waals surface area contributed by atoms with E-state index in [0.29, 0.717) is 12.4 Å². The van der Waals surface area contributed by atoms with Crippen molar-refractivity contribution in [1.29, 1.82) is 0 Å². The first-order valence-electron chi connectivity index (χ1n) is 6.21. The minimum absolute atomic E-state index is 0.0349. The normalized spacial score (nSPS) is 19.5. The van der Waals surface area contributed by atoms with Crippen molar-refractivity contribution in [2.45, 2.75) is 32.3 Å². The first kappa shape index (κ1) is 12.1. The molecule has 17 heavy (non-hydrogen) atoms. The third-order valence-corrected chi connectivity index (χ3v) is 2.93. The molecule has 1 fully saturated rings. The zero-order valence-electron chi connectivity index (χ0n) is 10.2. The lowest BCUT2D eigenvalue weighted by molar-refractivity contribution is 0.0518. The topological polar surface area (TPSA) is 58.2 Å². The molecule has 1 aromatic heterocycles. The summed E-state index contributed by atoms with van der Waals surface area (Å²) in [6, 6.07) is 0. The predicted molar refractivity (Wildman–Crippen MR) is 63.8 cm³/mol. The fourth-order valence-corrected chi connectivity index (χ4v) is 2.11. The summed E-state index contributed by atoms with van der Waals surface area (Å²) in [7, 11) is 0. The molecule has 2 heterocycles. The molecule has 0 unspecified atom stereocenters. The minimum Gasteiger partial charge on any atom is -0.376 e. The number of amides is 1. The molecule has 1 aliphatic heterocycles. The lowest BCUT2D eigenvalue weighted by Crippen LogP contribution is -2.38. The van der Waals surface area contributed by atoms with Gasteiger partial charge in [0.1, 0.15) is 0 Å². The van der Waals surface area contributed by atoms with Gasteiger partial charge in [-0.1, -0.05) is 6.92 Å². The number of H-pyrrole nitrogens is 1. The van der Waals surface area contributed by atoms with Crippen LogP contribution in [0, 0.1) is 0 Å². The van der Waals surface area contributed by atoms with E-state index >= 15 is 0 Å². The summed E-state index contributed by atoms with van der Waals surface area (Å²) >= 11 is 0.